The lowest BCUT2D eigenvalue weighted by atomic mass is 9.84. The first-order chi connectivity index (χ1) is 11.6. The summed E-state index contributed by atoms with van der Waals surface area (Å²) in [5.41, 5.74) is 2.12. The number of esters is 1. The Balaban J connectivity index is 1.79. The molecule has 0 saturated heterocycles. The predicted molar refractivity (Wildman–Crippen MR) is 84.2 cm³/mol. The quantitative estimate of drug-likeness (QED) is 0.756. The summed E-state index contributed by atoms with van der Waals surface area (Å²) in [5.74, 6) is -0.412. The summed E-state index contributed by atoms with van der Waals surface area (Å²) in [6, 6.07) is 11.5. The van der Waals surface area contributed by atoms with Gasteiger partial charge in [-0.15, -0.1) is 0 Å². The Bertz CT molecular complexity index is 952. The van der Waals surface area contributed by atoms with E-state index in [1.54, 1.807) is 42.5 Å². The van der Waals surface area contributed by atoms with E-state index in [-0.39, 0.29) is 23.7 Å². The third kappa shape index (κ3) is 1.98. The molecule has 2 aromatic carbocycles. The van der Waals surface area contributed by atoms with E-state index >= 15 is 0 Å². The van der Waals surface area contributed by atoms with Crippen LogP contribution in [0.5, 0.6) is 5.75 Å². The Morgan fingerprint density at radius 1 is 1.04 bits per heavy atom. The number of Topliss-reactive ketones (excluding diaryl/α,β-unsaturated/α-hetero) is 2. The van der Waals surface area contributed by atoms with Crippen molar-refractivity contribution in [2.24, 2.45) is 0 Å². The second kappa shape index (κ2) is 5.16. The number of ether oxygens (including phenoxy) is 2. The van der Waals surface area contributed by atoms with Gasteiger partial charge in [-0.3, -0.25) is 9.59 Å². The van der Waals surface area contributed by atoms with Gasteiger partial charge in [-0.25, -0.2) is 4.79 Å². The molecular weight excluding hydrogens is 308 g/mol. The number of ketones is 2. The predicted octanol–water partition coefficient (Wildman–Crippen LogP) is 2.74. The van der Waals surface area contributed by atoms with Crippen molar-refractivity contribution in [3.63, 3.8) is 0 Å². The number of carbonyl (C=O) groups is 3. The first-order valence-electron chi connectivity index (χ1n) is 7.41. The number of benzene rings is 2. The molecule has 1 aliphatic heterocycles. The monoisotopic (exact) mass is 320 g/mol. The van der Waals surface area contributed by atoms with Gasteiger partial charge in [0.2, 0.25) is 5.78 Å². The van der Waals surface area contributed by atoms with Crippen molar-refractivity contribution in [3.8, 4) is 5.75 Å². The van der Waals surface area contributed by atoms with Gasteiger partial charge in [0.1, 0.15) is 5.75 Å². The second-order valence-corrected chi connectivity index (χ2v) is 5.60. The molecule has 118 valence electrons. The zero-order valence-corrected chi connectivity index (χ0v) is 12.8. The van der Waals surface area contributed by atoms with Crippen LogP contribution in [0.4, 0.5) is 0 Å². The number of methoxy groups -OCH3 is 1. The van der Waals surface area contributed by atoms with Crippen molar-refractivity contribution in [2.45, 2.75) is 6.42 Å². The van der Waals surface area contributed by atoms with Crippen molar-refractivity contribution < 1.29 is 23.9 Å². The Hall–Kier alpha value is -3.21. The summed E-state index contributed by atoms with van der Waals surface area (Å²) in [6.07, 6.45) is 0.244. The lowest BCUT2D eigenvalue weighted by Gasteiger charge is -2.26. The van der Waals surface area contributed by atoms with E-state index in [4.69, 9.17) is 9.47 Å². The fourth-order valence-corrected chi connectivity index (χ4v) is 3.04. The van der Waals surface area contributed by atoms with E-state index in [0.717, 1.165) is 0 Å². The van der Waals surface area contributed by atoms with Crippen LogP contribution < -0.4 is 4.74 Å². The van der Waals surface area contributed by atoms with Crippen LogP contribution in [0.3, 0.4) is 0 Å². The van der Waals surface area contributed by atoms with Crippen LogP contribution in [0.15, 0.2) is 53.8 Å². The lowest BCUT2D eigenvalue weighted by molar-refractivity contribution is 0.0600. The fraction of sp³-hybridized carbons (Fsp3) is 0.105. The highest BCUT2D eigenvalue weighted by atomic mass is 16.5. The van der Waals surface area contributed by atoms with Gasteiger partial charge in [0.25, 0.3) is 0 Å². The normalized spacial score (nSPS) is 15.2. The first kappa shape index (κ1) is 14.4. The number of rotatable bonds is 1. The van der Waals surface area contributed by atoms with Crippen LogP contribution in [0.1, 0.15) is 36.6 Å². The van der Waals surface area contributed by atoms with Gasteiger partial charge in [0.15, 0.2) is 11.5 Å². The molecule has 2 aliphatic rings. The maximum absolute atomic E-state index is 12.7. The maximum atomic E-state index is 12.7. The molecule has 0 spiro atoms. The minimum atomic E-state index is -0.464. The first-order valence-corrected chi connectivity index (χ1v) is 7.41. The smallest absolute Gasteiger partial charge is 0.337 e. The zero-order valence-electron chi connectivity index (χ0n) is 12.8. The zero-order chi connectivity index (χ0) is 16.8. The fourth-order valence-electron chi connectivity index (χ4n) is 3.04. The molecule has 2 aromatic rings. The van der Waals surface area contributed by atoms with Crippen molar-refractivity contribution in [2.75, 3.05) is 7.11 Å². The molecule has 0 unspecified atom stereocenters. The highest BCUT2D eigenvalue weighted by Crippen LogP contribution is 2.37. The SMILES string of the molecule is COC(=O)c1ccc2c(c1)CC1=C(O2)C(=O)c2ccccc2C1=O. The van der Waals surface area contributed by atoms with Crippen LogP contribution in [-0.4, -0.2) is 24.6 Å². The van der Waals surface area contributed by atoms with Crippen molar-refractivity contribution in [3.05, 3.63) is 76.1 Å². The minimum absolute atomic E-state index is 0.0806. The number of fused-ring (bicyclic) bond motifs is 2. The average Bonchev–Trinajstić information content (AvgIpc) is 2.63. The summed E-state index contributed by atoms with van der Waals surface area (Å²) in [4.78, 5) is 37.0. The molecule has 1 aliphatic carbocycles. The molecule has 0 amide bonds. The molecule has 0 aromatic heterocycles. The molecule has 24 heavy (non-hydrogen) atoms. The van der Waals surface area contributed by atoms with E-state index in [9.17, 15) is 14.4 Å². The molecule has 5 nitrogen and oxygen atoms in total. The van der Waals surface area contributed by atoms with E-state index in [1.807, 2.05) is 0 Å². The van der Waals surface area contributed by atoms with Crippen LogP contribution in [0.2, 0.25) is 0 Å². The number of hydrogen-bond acceptors (Lipinski definition) is 5. The van der Waals surface area contributed by atoms with Crippen LogP contribution in [0.25, 0.3) is 0 Å². The molecule has 0 bridgehead atoms. The summed E-state index contributed by atoms with van der Waals surface area (Å²) in [7, 11) is 1.30. The standard InChI is InChI=1S/C19H12O5/c1-23-19(22)10-6-7-15-11(8-10)9-14-16(20)12-4-2-3-5-13(12)17(21)18(14)24-15/h2-8H,9H2,1H3. The molecule has 0 fully saturated rings. The number of allylic oxidation sites excluding steroid dienone is 2. The average molecular weight is 320 g/mol. The minimum Gasteiger partial charge on any atom is -0.465 e. The maximum Gasteiger partial charge on any atom is 0.337 e. The van der Waals surface area contributed by atoms with E-state index in [2.05, 4.69) is 0 Å². The Kier molecular flexibility index (Phi) is 3.09. The summed E-state index contributed by atoms with van der Waals surface area (Å²) < 4.78 is 10.4. The summed E-state index contributed by atoms with van der Waals surface area (Å²) in [6.45, 7) is 0. The van der Waals surface area contributed by atoms with Gasteiger partial charge < -0.3 is 9.47 Å². The van der Waals surface area contributed by atoms with Crippen molar-refractivity contribution >= 4 is 17.5 Å². The molecule has 1 heterocycles. The van der Waals surface area contributed by atoms with Crippen molar-refractivity contribution in [1.82, 2.24) is 0 Å². The van der Waals surface area contributed by atoms with Gasteiger partial charge in [0, 0.05) is 23.1 Å². The molecule has 0 N–H and O–H groups in total. The van der Waals surface area contributed by atoms with E-state index in [0.29, 0.717) is 33.6 Å². The van der Waals surface area contributed by atoms with Gasteiger partial charge >= 0.3 is 5.97 Å². The second-order valence-electron chi connectivity index (χ2n) is 5.60. The van der Waals surface area contributed by atoms with Crippen LogP contribution >= 0.6 is 0 Å². The molecule has 0 atom stereocenters. The van der Waals surface area contributed by atoms with Gasteiger partial charge in [-0.05, 0) is 18.2 Å². The van der Waals surface area contributed by atoms with Crippen LogP contribution in [-0.2, 0) is 11.2 Å². The highest BCUT2D eigenvalue weighted by Gasteiger charge is 2.36. The van der Waals surface area contributed by atoms with Gasteiger partial charge in [-0.2, -0.15) is 0 Å². The summed E-state index contributed by atoms with van der Waals surface area (Å²) in [5, 5.41) is 0. The van der Waals surface area contributed by atoms with E-state index in [1.165, 1.54) is 7.11 Å². The van der Waals surface area contributed by atoms with Crippen LogP contribution in [0, 0.1) is 0 Å². The third-order valence-electron chi connectivity index (χ3n) is 4.23. The Morgan fingerprint density at radius 2 is 1.75 bits per heavy atom. The Labute approximate surface area is 137 Å². The molecule has 4 rings (SSSR count). The largest absolute Gasteiger partial charge is 0.465 e. The molecule has 0 radical (unpaired) electrons. The molecular formula is C19H12O5. The topological polar surface area (TPSA) is 69.7 Å². The number of carbonyl (C=O) groups excluding carboxylic acids is 3. The van der Waals surface area contributed by atoms with Gasteiger partial charge in [-0.1, -0.05) is 24.3 Å². The van der Waals surface area contributed by atoms with Crippen molar-refractivity contribution in [1.29, 1.82) is 0 Å². The van der Waals surface area contributed by atoms with E-state index < -0.39 is 5.97 Å². The highest BCUT2D eigenvalue weighted by molar-refractivity contribution is 6.26. The Morgan fingerprint density at radius 3 is 2.46 bits per heavy atom. The number of hydrogen-bond donors (Lipinski definition) is 0. The third-order valence-corrected chi connectivity index (χ3v) is 4.23. The molecule has 0 saturated carbocycles. The van der Waals surface area contributed by atoms with Gasteiger partial charge in [0.05, 0.1) is 18.2 Å². The lowest BCUT2D eigenvalue weighted by Crippen LogP contribution is -2.28. The summed E-state index contributed by atoms with van der Waals surface area (Å²) >= 11 is 0. The molecule has 5 heteroatoms.